The SMILES string of the molecule is CCCNC(=O)CCC(=O)N(C)CCCCCNC.NCCCCCN(O)C(=O)CCC=O. The van der Waals surface area contributed by atoms with Crippen LogP contribution >= 0.6 is 0 Å². The molecule has 0 rings (SSSR count). The summed E-state index contributed by atoms with van der Waals surface area (Å²) in [6.07, 6.45) is 8.25. The lowest BCUT2D eigenvalue weighted by molar-refractivity contribution is -0.165. The van der Waals surface area contributed by atoms with Crippen molar-refractivity contribution < 1.29 is 24.4 Å². The van der Waals surface area contributed by atoms with Crippen LogP contribution in [0.15, 0.2) is 0 Å². The number of nitrogens with two attached hydrogens (primary N) is 1. The third kappa shape index (κ3) is 22.9. The van der Waals surface area contributed by atoms with E-state index in [0.29, 0.717) is 43.8 Å². The van der Waals surface area contributed by atoms with Gasteiger partial charge in [0.15, 0.2) is 0 Å². The summed E-state index contributed by atoms with van der Waals surface area (Å²) >= 11 is 0. The molecule has 0 aliphatic rings. The first-order valence-electron chi connectivity index (χ1n) is 12.1. The molecule has 0 spiro atoms. The van der Waals surface area contributed by atoms with Gasteiger partial charge in [-0.3, -0.25) is 19.6 Å². The molecule has 0 heterocycles. The number of amides is 3. The van der Waals surface area contributed by atoms with Crippen molar-refractivity contribution in [2.75, 3.05) is 46.8 Å². The van der Waals surface area contributed by atoms with Crippen LogP contribution in [-0.2, 0) is 19.2 Å². The Hall–Kier alpha value is -2.04. The first kappa shape index (κ1) is 33.1. The van der Waals surface area contributed by atoms with Crippen molar-refractivity contribution >= 4 is 24.0 Å². The molecule has 0 aromatic carbocycles. The average Bonchev–Trinajstić information content (AvgIpc) is 2.82. The van der Waals surface area contributed by atoms with Crippen LogP contribution in [0.4, 0.5) is 0 Å². The van der Waals surface area contributed by atoms with Gasteiger partial charge in [0, 0.05) is 52.4 Å². The van der Waals surface area contributed by atoms with E-state index < -0.39 is 5.91 Å². The highest BCUT2D eigenvalue weighted by molar-refractivity contribution is 5.83. The molecule has 5 N–H and O–H groups in total. The second-order valence-electron chi connectivity index (χ2n) is 7.90. The Kier molecular flexibility index (Phi) is 24.7. The van der Waals surface area contributed by atoms with Crippen LogP contribution in [0.2, 0.25) is 0 Å². The Balaban J connectivity index is 0. The first-order chi connectivity index (χ1) is 15.8. The molecule has 0 radical (unpaired) electrons. The zero-order chi connectivity index (χ0) is 25.3. The van der Waals surface area contributed by atoms with Crippen LogP contribution in [0.25, 0.3) is 0 Å². The molecule has 0 aliphatic heterocycles. The molecule has 0 saturated heterocycles. The van der Waals surface area contributed by atoms with Gasteiger partial charge in [0.1, 0.15) is 6.29 Å². The highest BCUT2D eigenvalue weighted by Crippen LogP contribution is 2.01. The first-order valence-corrected chi connectivity index (χ1v) is 12.1. The minimum atomic E-state index is -0.398. The lowest BCUT2D eigenvalue weighted by atomic mass is 10.2. The van der Waals surface area contributed by atoms with E-state index >= 15 is 0 Å². The van der Waals surface area contributed by atoms with Gasteiger partial charge in [0.2, 0.25) is 17.7 Å². The lowest BCUT2D eigenvalue weighted by Crippen LogP contribution is -2.30. The van der Waals surface area contributed by atoms with E-state index in [-0.39, 0.29) is 24.7 Å². The maximum Gasteiger partial charge on any atom is 0.246 e. The number of carbonyl (C=O) groups is 4. The zero-order valence-corrected chi connectivity index (χ0v) is 20.9. The molecule has 0 bridgehead atoms. The van der Waals surface area contributed by atoms with Crippen molar-refractivity contribution in [1.82, 2.24) is 20.6 Å². The summed E-state index contributed by atoms with van der Waals surface area (Å²) in [7, 11) is 3.75. The fraction of sp³-hybridized carbons (Fsp3) is 0.826. The van der Waals surface area contributed by atoms with Crippen molar-refractivity contribution in [3.05, 3.63) is 0 Å². The molecule has 10 nitrogen and oxygen atoms in total. The van der Waals surface area contributed by atoms with Crippen molar-refractivity contribution in [2.45, 2.75) is 77.6 Å². The Bertz CT molecular complexity index is 519. The number of rotatable bonds is 19. The monoisotopic (exact) mass is 473 g/mol. The summed E-state index contributed by atoms with van der Waals surface area (Å²) in [4.78, 5) is 45.9. The summed E-state index contributed by atoms with van der Waals surface area (Å²) in [6.45, 7) is 5.44. The molecule has 33 heavy (non-hydrogen) atoms. The van der Waals surface area contributed by atoms with Gasteiger partial charge >= 0.3 is 0 Å². The molecule has 0 aromatic heterocycles. The fourth-order valence-electron chi connectivity index (χ4n) is 2.74. The second-order valence-corrected chi connectivity index (χ2v) is 7.90. The number of hydrogen-bond donors (Lipinski definition) is 4. The minimum Gasteiger partial charge on any atom is -0.356 e. The minimum absolute atomic E-state index is 0.0300. The van der Waals surface area contributed by atoms with Gasteiger partial charge in [-0.05, 0) is 52.2 Å². The lowest BCUT2D eigenvalue weighted by Gasteiger charge is -2.17. The largest absolute Gasteiger partial charge is 0.356 e. The summed E-state index contributed by atoms with van der Waals surface area (Å²) in [5.74, 6) is -0.372. The number of hydrogen-bond acceptors (Lipinski definition) is 7. The van der Waals surface area contributed by atoms with Gasteiger partial charge in [-0.25, -0.2) is 5.06 Å². The van der Waals surface area contributed by atoms with Crippen LogP contribution in [0.3, 0.4) is 0 Å². The molecule has 0 aromatic rings. The Morgan fingerprint density at radius 3 is 2.18 bits per heavy atom. The Morgan fingerprint density at radius 1 is 0.909 bits per heavy atom. The maximum atomic E-state index is 11.8. The summed E-state index contributed by atoms with van der Waals surface area (Å²) in [6, 6.07) is 0. The molecule has 10 heteroatoms. The summed E-state index contributed by atoms with van der Waals surface area (Å²) in [5.41, 5.74) is 5.29. The van der Waals surface area contributed by atoms with Crippen LogP contribution in [-0.4, -0.2) is 86.0 Å². The summed E-state index contributed by atoms with van der Waals surface area (Å²) < 4.78 is 0. The van der Waals surface area contributed by atoms with E-state index in [1.165, 1.54) is 0 Å². The normalized spacial score (nSPS) is 10.1. The Morgan fingerprint density at radius 2 is 1.58 bits per heavy atom. The Labute approximate surface area is 199 Å². The van der Waals surface area contributed by atoms with Crippen molar-refractivity contribution in [3.63, 3.8) is 0 Å². The van der Waals surface area contributed by atoms with E-state index in [9.17, 15) is 24.4 Å². The maximum absolute atomic E-state index is 11.8. The topological polar surface area (TPSA) is 145 Å². The average molecular weight is 474 g/mol. The molecule has 0 atom stereocenters. The van der Waals surface area contributed by atoms with Crippen LogP contribution < -0.4 is 16.4 Å². The van der Waals surface area contributed by atoms with E-state index in [4.69, 9.17) is 5.73 Å². The van der Waals surface area contributed by atoms with Gasteiger partial charge in [-0.2, -0.15) is 0 Å². The molecule has 0 unspecified atom stereocenters. The van der Waals surface area contributed by atoms with Gasteiger partial charge in [-0.1, -0.05) is 19.8 Å². The zero-order valence-electron chi connectivity index (χ0n) is 20.9. The number of aldehydes is 1. The predicted octanol–water partition coefficient (Wildman–Crippen LogP) is 1.45. The molecular weight excluding hydrogens is 426 g/mol. The van der Waals surface area contributed by atoms with Crippen molar-refractivity contribution in [2.24, 2.45) is 5.73 Å². The molecular formula is C23H47N5O5. The second kappa shape index (κ2) is 24.6. The van der Waals surface area contributed by atoms with E-state index in [1.807, 2.05) is 21.0 Å². The van der Waals surface area contributed by atoms with E-state index in [1.54, 1.807) is 4.90 Å². The van der Waals surface area contributed by atoms with Crippen LogP contribution in [0.1, 0.15) is 77.6 Å². The third-order valence-corrected chi connectivity index (χ3v) is 4.82. The van der Waals surface area contributed by atoms with E-state index in [2.05, 4.69) is 10.6 Å². The molecule has 0 fully saturated rings. The molecule has 194 valence electrons. The van der Waals surface area contributed by atoms with Gasteiger partial charge in [-0.15, -0.1) is 0 Å². The number of unbranched alkanes of at least 4 members (excludes halogenated alkanes) is 4. The van der Waals surface area contributed by atoms with Crippen molar-refractivity contribution in [1.29, 1.82) is 0 Å². The molecule has 3 amide bonds. The highest BCUT2D eigenvalue weighted by atomic mass is 16.5. The summed E-state index contributed by atoms with van der Waals surface area (Å²) in [5, 5.41) is 15.7. The highest BCUT2D eigenvalue weighted by Gasteiger charge is 2.11. The smallest absolute Gasteiger partial charge is 0.246 e. The third-order valence-electron chi connectivity index (χ3n) is 4.82. The molecule has 0 aliphatic carbocycles. The number of nitrogens with zero attached hydrogens (tertiary/aromatic N) is 2. The number of carbonyl (C=O) groups excluding carboxylic acids is 4. The van der Waals surface area contributed by atoms with Crippen molar-refractivity contribution in [3.8, 4) is 0 Å². The molecule has 0 saturated carbocycles. The van der Waals surface area contributed by atoms with E-state index in [0.717, 1.165) is 58.0 Å². The number of nitrogens with one attached hydrogen (secondary N) is 2. The predicted molar refractivity (Wildman–Crippen MR) is 130 cm³/mol. The van der Waals surface area contributed by atoms with Gasteiger partial charge in [0.25, 0.3) is 0 Å². The number of hydroxylamine groups is 2. The van der Waals surface area contributed by atoms with Gasteiger partial charge in [0.05, 0.1) is 0 Å². The van der Waals surface area contributed by atoms with Crippen LogP contribution in [0, 0.1) is 0 Å². The quantitative estimate of drug-likeness (QED) is 0.0961. The standard InChI is InChI=1S/C14H29N3O2.C9H18N2O3/c1-4-10-16-13(18)8-9-14(19)17(3)12-7-5-6-11-15-2;10-6-2-1-3-7-11(14)9(13)5-4-8-12/h15H,4-12H2,1-3H3,(H,16,18);8,14H,1-7,10H2. The van der Waals surface area contributed by atoms with Crippen LogP contribution in [0.5, 0.6) is 0 Å². The van der Waals surface area contributed by atoms with Gasteiger partial charge < -0.3 is 26.1 Å². The fourth-order valence-corrected chi connectivity index (χ4v) is 2.74.